The lowest BCUT2D eigenvalue weighted by Crippen LogP contribution is -2.14. The summed E-state index contributed by atoms with van der Waals surface area (Å²) in [5, 5.41) is 0. The molecule has 0 saturated carbocycles. The van der Waals surface area contributed by atoms with Gasteiger partial charge in [-0.05, 0) is 49.8 Å². The molecule has 0 amide bonds. The van der Waals surface area contributed by atoms with Crippen molar-refractivity contribution in [2.45, 2.75) is 19.7 Å². The lowest BCUT2D eigenvalue weighted by atomic mass is 10.0. The molecule has 1 aliphatic heterocycles. The highest BCUT2D eigenvalue weighted by molar-refractivity contribution is 7.54. The Kier molecular flexibility index (Phi) is 5.82. The van der Waals surface area contributed by atoms with Crippen molar-refractivity contribution >= 4 is 19.4 Å². The van der Waals surface area contributed by atoms with Gasteiger partial charge in [-0.3, -0.25) is 4.57 Å². The molecule has 1 aliphatic rings. The third-order valence-corrected chi connectivity index (χ3v) is 6.26. The molecule has 0 aliphatic carbocycles. The molecule has 0 radical (unpaired) electrons. The summed E-state index contributed by atoms with van der Waals surface area (Å²) in [6.45, 7) is 4.14. The Labute approximate surface area is 154 Å². The van der Waals surface area contributed by atoms with E-state index < -0.39 is 13.4 Å². The SMILES string of the molecule is CCOP(=O)(OCC)C1OC(c2ccc(OC)cc2)=Cc2ccccc21. The molecule has 2 aromatic rings. The van der Waals surface area contributed by atoms with Gasteiger partial charge in [0, 0.05) is 11.1 Å². The molecular weight excluding hydrogens is 351 g/mol. The summed E-state index contributed by atoms with van der Waals surface area (Å²) in [5.74, 6) is 0.577. The maximum absolute atomic E-state index is 13.4. The van der Waals surface area contributed by atoms with Crippen LogP contribution in [0, 0.1) is 0 Å². The van der Waals surface area contributed by atoms with Crippen molar-refractivity contribution in [1.82, 2.24) is 0 Å². The standard InChI is InChI=1S/C20H23O5P/c1-4-23-26(21,24-5-2)20-18-9-7-6-8-16(18)14-19(25-20)15-10-12-17(22-3)13-11-15/h6-14,20H,4-5H2,1-3H3. The maximum Gasteiger partial charge on any atom is 0.375 e. The van der Waals surface area contributed by atoms with Crippen molar-refractivity contribution in [3.05, 3.63) is 65.2 Å². The van der Waals surface area contributed by atoms with Gasteiger partial charge in [-0.1, -0.05) is 24.3 Å². The quantitative estimate of drug-likeness (QED) is 0.600. The molecule has 26 heavy (non-hydrogen) atoms. The summed E-state index contributed by atoms with van der Waals surface area (Å²) in [5.41, 5.74) is 2.61. The molecule has 6 heteroatoms. The van der Waals surface area contributed by atoms with Crippen LogP contribution in [0.15, 0.2) is 48.5 Å². The van der Waals surface area contributed by atoms with E-state index in [0.29, 0.717) is 5.76 Å². The van der Waals surface area contributed by atoms with Gasteiger partial charge in [0.1, 0.15) is 11.5 Å². The molecule has 2 aromatic carbocycles. The lowest BCUT2D eigenvalue weighted by Gasteiger charge is -2.31. The van der Waals surface area contributed by atoms with Crippen molar-refractivity contribution in [3.8, 4) is 5.75 Å². The first kappa shape index (κ1) is 18.7. The van der Waals surface area contributed by atoms with Crippen LogP contribution in [0.1, 0.15) is 36.4 Å². The average molecular weight is 374 g/mol. The molecule has 3 rings (SSSR count). The molecule has 0 bridgehead atoms. The monoisotopic (exact) mass is 374 g/mol. The fourth-order valence-electron chi connectivity index (χ4n) is 2.90. The van der Waals surface area contributed by atoms with E-state index in [-0.39, 0.29) is 13.2 Å². The van der Waals surface area contributed by atoms with Gasteiger partial charge in [0.15, 0.2) is 0 Å². The number of ether oxygens (including phenoxy) is 2. The minimum atomic E-state index is -3.49. The molecule has 0 aromatic heterocycles. The van der Waals surface area contributed by atoms with Gasteiger partial charge >= 0.3 is 7.60 Å². The van der Waals surface area contributed by atoms with Gasteiger partial charge in [-0.2, -0.15) is 0 Å². The minimum absolute atomic E-state index is 0.279. The maximum atomic E-state index is 13.4. The van der Waals surface area contributed by atoms with Crippen LogP contribution >= 0.6 is 7.60 Å². The molecular formula is C20H23O5P. The van der Waals surface area contributed by atoms with Crippen molar-refractivity contribution in [1.29, 1.82) is 0 Å². The van der Waals surface area contributed by atoms with Gasteiger partial charge in [-0.15, -0.1) is 0 Å². The number of hydrogen-bond donors (Lipinski definition) is 0. The van der Waals surface area contributed by atoms with Gasteiger partial charge in [0.25, 0.3) is 0 Å². The van der Waals surface area contributed by atoms with Crippen LogP contribution in [0.3, 0.4) is 0 Å². The summed E-state index contributed by atoms with van der Waals surface area (Å²) < 4.78 is 35.8. The van der Waals surface area contributed by atoms with Crippen molar-refractivity contribution in [2.75, 3.05) is 20.3 Å². The van der Waals surface area contributed by atoms with Crippen LogP contribution < -0.4 is 4.74 Å². The minimum Gasteiger partial charge on any atom is -0.497 e. The summed E-state index contributed by atoms with van der Waals surface area (Å²) >= 11 is 0. The molecule has 0 saturated heterocycles. The third-order valence-electron chi connectivity index (χ3n) is 4.07. The Morgan fingerprint density at radius 2 is 1.65 bits per heavy atom. The summed E-state index contributed by atoms with van der Waals surface area (Å²) in [7, 11) is -1.86. The number of methoxy groups -OCH3 is 1. The number of hydrogen-bond acceptors (Lipinski definition) is 5. The van der Waals surface area contributed by atoms with Crippen LogP contribution in [-0.2, 0) is 18.3 Å². The first-order valence-electron chi connectivity index (χ1n) is 8.61. The second-order valence-electron chi connectivity index (χ2n) is 5.71. The second kappa shape index (κ2) is 8.09. The fraction of sp³-hybridized carbons (Fsp3) is 0.300. The molecule has 0 N–H and O–H groups in total. The summed E-state index contributed by atoms with van der Waals surface area (Å²) in [6, 6.07) is 15.2. The lowest BCUT2D eigenvalue weighted by molar-refractivity contribution is 0.146. The molecule has 1 atom stereocenters. The Morgan fingerprint density at radius 1 is 1.00 bits per heavy atom. The van der Waals surface area contributed by atoms with Gasteiger partial charge in [-0.25, -0.2) is 0 Å². The van der Waals surface area contributed by atoms with Crippen LogP contribution in [0.4, 0.5) is 0 Å². The average Bonchev–Trinajstić information content (AvgIpc) is 2.67. The number of benzene rings is 2. The Morgan fingerprint density at radius 3 is 2.27 bits per heavy atom. The topological polar surface area (TPSA) is 54.0 Å². The molecule has 0 fully saturated rings. The third kappa shape index (κ3) is 3.70. The second-order valence-corrected chi connectivity index (χ2v) is 7.78. The molecule has 1 heterocycles. The fourth-order valence-corrected chi connectivity index (χ4v) is 4.78. The predicted molar refractivity (Wildman–Crippen MR) is 102 cm³/mol. The van der Waals surface area contributed by atoms with E-state index in [0.717, 1.165) is 22.4 Å². The van der Waals surface area contributed by atoms with E-state index in [9.17, 15) is 4.57 Å². The van der Waals surface area contributed by atoms with E-state index in [1.165, 1.54) is 0 Å². The van der Waals surface area contributed by atoms with Crippen molar-refractivity contribution < 1.29 is 23.1 Å². The largest absolute Gasteiger partial charge is 0.497 e. The Bertz CT molecular complexity index is 818. The van der Waals surface area contributed by atoms with Crippen LogP contribution in [0.25, 0.3) is 11.8 Å². The van der Waals surface area contributed by atoms with Gasteiger partial charge < -0.3 is 18.5 Å². The van der Waals surface area contributed by atoms with Crippen LogP contribution in [0.2, 0.25) is 0 Å². The zero-order valence-corrected chi connectivity index (χ0v) is 16.1. The van der Waals surface area contributed by atoms with E-state index in [1.54, 1.807) is 21.0 Å². The van der Waals surface area contributed by atoms with Gasteiger partial charge in [0.05, 0.1) is 20.3 Å². The van der Waals surface area contributed by atoms with Gasteiger partial charge in [0.2, 0.25) is 5.85 Å². The normalized spacial score (nSPS) is 16.4. The highest BCUT2D eigenvalue weighted by atomic mass is 31.2. The molecule has 1 unspecified atom stereocenters. The molecule has 138 valence electrons. The van der Waals surface area contributed by atoms with E-state index in [1.807, 2.05) is 54.6 Å². The van der Waals surface area contributed by atoms with E-state index in [4.69, 9.17) is 18.5 Å². The summed E-state index contributed by atoms with van der Waals surface area (Å²) in [4.78, 5) is 0. The van der Waals surface area contributed by atoms with Crippen molar-refractivity contribution in [2.24, 2.45) is 0 Å². The van der Waals surface area contributed by atoms with E-state index in [2.05, 4.69) is 0 Å². The smallest absolute Gasteiger partial charge is 0.375 e. The first-order chi connectivity index (χ1) is 12.6. The zero-order valence-electron chi connectivity index (χ0n) is 15.2. The van der Waals surface area contributed by atoms with Crippen LogP contribution in [-0.4, -0.2) is 20.3 Å². The first-order valence-corrected chi connectivity index (χ1v) is 10.2. The van der Waals surface area contributed by atoms with Crippen LogP contribution in [0.5, 0.6) is 5.75 Å². The Balaban J connectivity index is 2.04. The highest BCUT2D eigenvalue weighted by Gasteiger charge is 2.42. The van der Waals surface area contributed by atoms with E-state index >= 15 is 0 Å². The number of rotatable bonds is 7. The Hall–Kier alpha value is -2.07. The molecule has 0 spiro atoms. The van der Waals surface area contributed by atoms with Crippen molar-refractivity contribution in [3.63, 3.8) is 0 Å². The molecule has 5 nitrogen and oxygen atoms in total. The summed E-state index contributed by atoms with van der Waals surface area (Å²) in [6.07, 6.45) is 1.94. The highest BCUT2D eigenvalue weighted by Crippen LogP contribution is 2.64. The zero-order chi connectivity index (χ0) is 18.6. The number of fused-ring (bicyclic) bond motifs is 1. The predicted octanol–water partition coefficient (Wildman–Crippen LogP) is 5.49.